The van der Waals surface area contributed by atoms with Gasteiger partial charge < -0.3 is 15.4 Å². The van der Waals surface area contributed by atoms with E-state index in [1.807, 2.05) is 0 Å². The van der Waals surface area contributed by atoms with E-state index in [1.165, 1.54) is 6.20 Å². The normalized spacial score (nSPS) is 10.2. The van der Waals surface area contributed by atoms with Gasteiger partial charge in [-0.3, -0.25) is 4.79 Å². The van der Waals surface area contributed by atoms with E-state index in [2.05, 4.69) is 20.3 Å². The van der Waals surface area contributed by atoms with E-state index in [4.69, 9.17) is 16.7 Å². The molecule has 98 valence electrons. The van der Waals surface area contributed by atoms with Crippen LogP contribution in [0.3, 0.4) is 0 Å². The van der Waals surface area contributed by atoms with Crippen molar-refractivity contribution in [2.24, 2.45) is 0 Å². The van der Waals surface area contributed by atoms with Crippen molar-refractivity contribution in [3.8, 4) is 0 Å². The molecule has 0 bridgehead atoms. The second kappa shape index (κ2) is 5.07. The summed E-state index contributed by atoms with van der Waals surface area (Å²) in [6.07, 6.45) is 2.64. The number of amides is 1. The van der Waals surface area contributed by atoms with Gasteiger partial charge in [0.15, 0.2) is 16.5 Å². The third-order valence-electron chi connectivity index (χ3n) is 2.42. The fourth-order valence-electron chi connectivity index (χ4n) is 1.48. The van der Waals surface area contributed by atoms with Crippen LogP contribution in [0.5, 0.6) is 0 Å². The monoisotopic (exact) mass is 280 g/mol. The van der Waals surface area contributed by atoms with Crippen molar-refractivity contribution >= 4 is 29.2 Å². The number of carboxylic acids is 1. The molecule has 2 aromatic heterocycles. The number of anilines is 1. The number of H-pyrrole nitrogens is 1. The van der Waals surface area contributed by atoms with Crippen LogP contribution in [0.15, 0.2) is 18.6 Å². The first-order valence-electron chi connectivity index (χ1n) is 5.20. The van der Waals surface area contributed by atoms with Crippen LogP contribution in [-0.2, 0) is 0 Å². The van der Waals surface area contributed by atoms with E-state index in [0.717, 1.165) is 6.33 Å². The number of halogens is 1. The molecule has 0 aliphatic heterocycles. The Balaban J connectivity index is 2.31. The highest BCUT2D eigenvalue weighted by molar-refractivity contribution is 6.33. The molecule has 3 N–H and O–H groups in total. The van der Waals surface area contributed by atoms with Crippen LogP contribution in [0.4, 0.5) is 5.69 Å². The highest BCUT2D eigenvalue weighted by Gasteiger charge is 2.21. The van der Waals surface area contributed by atoms with Gasteiger partial charge in [-0.15, -0.1) is 0 Å². The average molecular weight is 281 g/mol. The molecule has 0 aromatic carbocycles. The van der Waals surface area contributed by atoms with E-state index in [9.17, 15) is 9.59 Å². The number of carbonyl (C=O) groups excluding carboxylic acids is 1. The van der Waals surface area contributed by atoms with E-state index in [-0.39, 0.29) is 16.5 Å². The molecule has 19 heavy (non-hydrogen) atoms. The maximum absolute atomic E-state index is 12.0. The van der Waals surface area contributed by atoms with Gasteiger partial charge in [0.25, 0.3) is 5.91 Å². The molecule has 1 amide bonds. The van der Waals surface area contributed by atoms with Gasteiger partial charge in [-0.1, -0.05) is 11.6 Å². The Morgan fingerprint density at radius 1 is 1.42 bits per heavy atom. The van der Waals surface area contributed by atoms with Crippen molar-refractivity contribution in [3.05, 3.63) is 40.7 Å². The van der Waals surface area contributed by atoms with Gasteiger partial charge in [0.05, 0.1) is 12.0 Å². The van der Waals surface area contributed by atoms with Crippen LogP contribution in [-0.4, -0.2) is 31.9 Å². The fourth-order valence-corrected chi connectivity index (χ4v) is 1.73. The molecule has 0 unspecified atom stereocenters. The summed E-state index contributed by atoms with van der Waals surface area (Å²) in [5.74, 6) is -1.94. The lowest BCUT2D eigenvalue weighted by Gasteiger charge is -2.08. The third kappa shape index (κ3) is 2.55. The van der Waals surface area contributed by atoms with Crippen molar-refractivity contribution in [3.63, 3.8) is 0 Å². The molecule has 0 fully saturated rings. The summed E-state index contributed by atoms with van der Waals surface area (Å²) in [6, 6.07) is 1.67. The van der Waals surface area contributed by atoms with Gasteiger partial charge >= 0.3 is 5.97 Å². The number of imidazole rings is 1. The zero-order valence-corrected chi connectivity index (χ0v) is 10.5. The largest absolute Gasteiger partial charge is 0.477 e. The lowest BCUT2D eigenvalue weighted by Crippen LogP contribution is -2.17. The standard InChI is InChI=1S/C11H9ClN4O3/c1-5-2-3-13-9(12)6(5)16-10(17)7-8(11(18)19)15-4-14-7/h2-4H,1H3,(H,14,15)(H,16,17)(H,18,19). The Bertz CT molecular complexity index is 633. The number of hydrogen-bond acceptors (Lipinski definition) is 4. The number of pyridine rings is 1. The number of nitrogens with zero attached hydrogens (tertiary/aromatic N) is 2. The number of aryl methyl sites for hydroxylation is 1. The second-order valence-electron chi connectivity index (χ2n) is 3.68. The molecule has 0 aliphatic carbocycles. The van der Waals surface area contributed by atoms with Crippen LogP contribution in [0.2, 0.25) is 5.15 Å². The molecule has 0 aliphatic rings. The Morgan fingerprint density at radius 3 is 2.79 bits per heavy atom. The first-order chi connectivity index (χ1) is 9.00. The molecule has 0 atom stereocenters. The molecule has 0 saturated carbocycles. The molecule has 7 nitrogen and oxygen atoms in total. The highest BCUT2D eigenvalue weighted by atomic mass is 35.5. The van der Waals surface area contributed by atoms with Crippen molar-refractivity contribution in [2.45, 2.75) is 6.92 Å². The molecule has 2 aromatic rings. The van der Waals surface area contributed by atoms with Crippen molar-refractivity contribution in [1.82, 2.24) is 15.0 Å². The van der Waals surface area contributed by atoms with Gasteiger partial charge in [0, 0.05) is 6.20 Å². The number of carboxylic acid groups (broad SMARTS) is 1. The minimum absolute atomic E-state index is 0.126. The van der Waals surface area contributed by atoms with Crippen LogP contribution in [0.25, 0.3) is 0 Å². The number of hydrogen-bond donors (Lipinski definition) is 3. The molecular weight excluding hydrogens is 272 g/mol. The summed E-state index contributed by atoms with van der Waals surface area (Å²) in [7, 11) is 0. The van der Waals surface area contributed by atoms with Crippen LogP contribution in [0, 0.1) is 6.92 Å². The van der Waals surface area contributed by atoms with Crippen molar-refractivity contribution in [2.75, 3.05) is 5.32 Å². The van der Waals surface area contributed by atoms with E-state index in [0.29, 0.717) is 11.3 Å². The van der Waals surface area contributed by atoms with Crippen LogP contribution >= 0.6 is 11.6 Å². The SMILES string of the molecule is Cc1ccnc(Cl)c1NC(=O)c1nc[nH]c1C(=O)O. The van der Waals surface area contributed by atoms with E-state index in [1.54, 1.807) is 13.0 Å². The molecular formula is C11H9ClN4O3. The lowest BCUT2D eigenvalue weighted by atomic mass is 10.2. The third-order valence-corrected chi connectivity index (χ3v) is 2.71. The number of nitrogens with one attached hydrogen (secondary N) is 2. The summed E-state index contributed by atoms with van der Waals surface area (Å²) in [5.41, 5.74) is 0.538. The summed E-state index contributed by atoms with van der Waals surface area (Å²) in [5, 5.41) is 11.5. The lowest BCUT2D eigenvalue weighted by molar-refractivity contribution is 0.0686. The van der Waals surface area contributed by atoms with Gasteiger partial charge in [0.2, 0.25) is 0 Å². The Kier molecular flexibility index (Phi) is 3.48. The van der Waals surface area contributed by atoms with E-state index >= 15 is 0 Å². The molecule has 8 heteroatoms. The number of aromatic carboxylic acids is 1. The zero-order chi connectivity index (χ0) is 14.0. The number of carbonyl (C=O) groups is 2. The number of rotatable bonds is 3. The Morgan fingerprint density at radius 2 is 2.16 bits per heavy atom. The molecule has 2 heterocycles. The minimum atomic E-state index is -1.27. The fraction of sp³-hybridized carbons (Fsp3) is 0.0909. The van der Waals surface area contributed by atoms with Crippen LogP contribution in [0.1, 0.15) is 26.5 Å². The maximum Gasteiger partial charge on any atom is 0.354 e. The summed E-state index contributed by atoms with van der Waals surface area (Å²) in [4.78, 5) is 32.7. The average Bonchev–Trinajstić information content (AvgIpc) is 2.83. The Hall–Kier alpha value is -2.41. The van der Waals surface area contributed by atoms with Crippen molar-refractivity contribution in [1.29, 1.82) is 0 Å². The van der Waals surface area contributed by atoms with Crippen LogP contribution < -0.4 is 5.32 Å². The Labute approximate surface area is 112 Å². The predicted molar refractivity (Wildman–Crippen MR) is 67.5 cm³/mol. The minimum Gasteiger partial charge on any atom is -0.477 e. The van der Waals surface area contributed by atoms with Gasteiger partial charge in [-0.05, 0) is 18.6 Å². The zero-order valence-electron chi connectivity index (χ0n) is 9.77. The molecule has 0 spiro atoms. The summed E-state index contributed by atoms with van der Waals surface area (Å²) >= 11 is 5.87. The van der Waals surface area contributed by atoms with Crippen molar-refractivity contribution < 1.29 is 14.7 Å². The smallest absolute Gasteiger partial charge is 0.354 e. The highest BCUT2D eigenvalue weighted by Crippen LogP contribution is 2.23. The first kappa shape index (κ1) is 13.0. The van der Waals surface area contributed by atoms with Gasteiger partial charge in [0.1, 0.15) is 0 Å². The van der Waals surface area contributed by atoms with Gasteiger partial charge in [-0.25, -0.2) is 14.8 Å². The number of aromatic amines is 1. The van der Waals surface area contributed by atoms with E-state index < -0.39 is 11.9 Å². The first-order valence-corrected chi connectivity index (χ1v) is 5.57. The molecule has 0 radical (unpaired) electrons. The quantitative estimate of drug-likeness (QED) is 0.742. The summed E-state index contributed by atoms with van der Waals surface area (Å²) in [6.45, 7) is 1.74. The predicted octanol–water partition coefficient (Wildman–Crippen LogP) is 1.72. The van der Waals surface area contributed by atoms with Gasteiger partial charge in [-0.2, -0.15) is 0 Å². The second-order valence-corrected chi connectivity index (χ2v) is 4.04. The maximum atomic E-state index is 12.0. The molecule has 0 saturated heterocycles. The summed E-state index contributed by atoms with van der Waals surface area (Å²) < 4.78 is 0. The molecule has 2 rings (SSSR count). The number of aromatic nitrogens is 3. The topological polar surface area (TPSA) is 108 Å².